The van der Waals surface area contributed by atoms with Crippen molar-refractivity contribution in [2.24, 2.45) is 0 Å². The lowest BCUT2D eigenvalue weighted by Crippen LogP contribution is -2.29. The van der Waals surface area contributed by atoms with Crippen LogP contribution in [0.3, 0.4) is 0 Å². The average molecular weight is 453 g/mol. The van der Waals surface area contributed by atoms with Crippen molar-refractivity contribution in [1.29, 1.82) is 0 Å². The molecular formula is C28H40N2O3. The Morgan fingerprint density at radius 3 is 1.58 bits per heavy atom. The summed E-state index contributed by atoms with van der Waals surface area (Å²) in [5.41, 5.74) is 2.42. The smallest absolute Gasteiger partial charge is 0.314 e. The second kappa shape index (κ2) is 15.9. The number of hydrogen-bond donors (Lipinski definition) is 2. The molecule has 5 heteroatoms. The van der Waals surface area contributed by atoms with E-state index < -0.39 is 11.8 Å². The number of unbranched alkanes of at least 4 members (excludes halogenated alkanes) is 9. The standard InChI is InChI=1S/C28H40N2O3/c1-3-5-6-7-8-9-10-11-12-13-14-23-15-17-24(18-16-23)29-27(31)28(32)30-25-19-21-26(22-20-25)33-4-2/h15-22H,3-14H2,1-2H3,(H,29,31)(H,30,32). The van der Waals surface area contributed by atoms with Crippen molar-refractivity contribution in [3.05, 3.63) is 54.1 Å². The minimum Gasteiger partial charge on any atom is -0.494 e. The number of rotatable bonds is 15. The number of nitrogens with one attached hydrogen (secondary N) is 2. The van der Waals surface area contributed by atoms with E-state index in [0.717, 1.165) is 12.2 Å². The number of hydrogen-bond acceptors (Lipinski definition) is 3. The van der Waals surface area contributed by atoms with Gasteiger partial charge in [-0.2, -0.15) is 0 Å². The molecule has 5 nitrogen and oxygen atoms in total. The van der Waals surface area contributed by atoms with Crippen molar-refractivity contribution < 1.29 is 14.3 Å². The van der Waals surface area contributed by atoms with Gasteiger partial charge in [0.15, 0.2) is 0 Å². The Hall–Kier alpha value is -2.82. The summed E-state index contributed by atoms with van der Waals surface area (Å²) in [6.45, 7) is 4.74. The first-order valence-corrected chi connectivity index (χ1v) is 12.6. The summed E-state index contributed by atoms with van der Waals surface area (Å²) < 4.78 is 5.37. The van der Waals surface area contributed by atoms with Gasteiger partial charge in [0.25, 0.3) is 0 Å². The highest BCUT2D eigenvalue weighted by Gasteiger charge is 2.14. The summed E-state index contributed by atoms with van der Waals surface area (Å²) in [5.74, 6) is -0.669. The van der Waals surface area contributed by atoms with E-state index in [9.17, 15) is 9.59 Å². The fraction of sp³-hybridized carbons (Fsp3) is 0.500. The van der Waals surface area contributed by atoms with Crippen LogP contribution < -0.4 is 15.4 Å². The van der Waals surface area contributed by atoms with Crippen LogP contribution >= 0.6 is 0 Å². The molecule has 33 heavy (non-hydrogen) atoms. The Balaban J connectivity index is 1.62. The van der Waals surface area contributed by atoms with Gasteiger partial charge in [-0.05, 0) is 61.7 Å². The Labute approximate surface area is 199 Å². The van der Waals surface area contributed by atoms with E-state index in [1.54, 1.807) is 24.3 Å². The van der Waals surface area contributed by atoms with E-state index in [0.29, 0.717) is 18.0 Å². The topological polar surface area (TPSA) is 67.4 Å². The van der Waals surface area contributed by atoms with Crippen molar-refractivity contribution in [2.75, 3.05) is 17.2 Å². The van der Waals surface area contributed by atoms with Gasteiger partial charge in [0.05, 0.1) is 6.61 Å². The summed E-state index contributed by atoms with van der Waals surface area (Å²) in [7, 11) is 0. The molecule has 0 saturated carbocycles. The van der Waals surface area contributed by atoms with E-state index in [4.69, 9.17) is 4.74 Å². The van der Waals surface area contributed by atoms with Gasteiger partial charge < -0.3 is 15.4 Å². The molecule has 0 saturated heterocycles. The molecule has 180 valence electrons. The molecule has 0 aromatic heterocycles. The third-order valence-electron chi connectivity index (χ3n) is 5.66. The number of carbonyl (C=O) groups is 2. The van der Waals surface area contributed by atoms with E-state index in [1.165, 1.54) is 69.8 Å². The molecule has 0 aliphatic carbocycles. The van der Waals surface area contributed by atoms with Crippen molar-refractivity contribution in [3.8, 4) is 5.75 Å². The molecule has 0 bridgehead atoms. The summed E-state index contributed by atoms with van der Waals surface area (Å²) >= 11 is 0. The molecule has 0 spiro atoms. The first-order chi connectivity index (χ1) is 16.1. The molecule has 0 unspecified atom stereocenters. The molecule has 0 fully saturated rings. The number of amides is 2. The predicted octanol–water partition coefficient (Wildman–Crippen LogP) is 7.13. The third kappa shape index (κ3) is 11.0. The zero-order chi connectivity index (χ0) is 23.7. The summed E-state index contributed by atoms with van der Waals surface area (Å²) in [6.07, 6.45) is 14.4. The van der Waals surface area contributed by atoms with Crippen LogP contribution in [0.1, 0.15) is 83.6 Å². The van der Waals surface area contributed by atoms with Crippen molar-refractivity contribution in [3.63, 3.8) is 0 Å². The quantitative estimate of drug-likeness (QED) is 0.223. The number of carbonyl (C=O) groups excluding carboxylic acids is 2. The molecule has 2 N–H and O–H groups in total. The number of anilines is 2. The third-order valence-corrected chi connectivity index (χ3v) is 5.66. The molecule has 0 heterocycles. The van der Waals surface area contributed by atoms with Crippen LogP contribution in [-0.4, -0.2) is 18.4 Å². The second-order valence-electron chi connectivity index (χ2n) is 8.49. The van der Waals surface area contributed by atoms with Gasteiger partial charge in [0.2, 0.25) is 0 Å². The second-order valence-corrected chi connectivity index (χ2v) is 8.49. The highest BCUT2D eigenvalue weighted by atomic mass is 16.5. The monoisotopic (exact) mass is 452 g/mol. The van der Waals surface area contributed by atoms with E-state index >= 15 is 0 Å². The Kier molecular flexibility index (Phi) is 12.7. The van der Waals surface area contributed by atoms with Gasteiger partial charge in [0, 0.05) is 11.4 Å². The number of ether oxygens (including phenoxy) is 1. The minimum atomic E-state index is -0.700. The lowest BCUT2D eigenvalue weighted by atomic mass is 10.0. The van der Waals surface area contributed by atoms with Gasteiger partial charge in [-0.15, -0.1) is 0 Å². The maximum atomic E-state index is 12.2. The number of benzene rings is 2. The zero-order valence-electron chi connectivity index (χ0n) is 20.3. The van der Waals surface area contributed by atoms with E-state index in [-0.39, 0.29) is 0 Å². The number of aryl methyl sites for hydroxylation is 1. The summed E-state index contributed by atoms with van der Waals surface area (Å²) in [5, 5.41) is 5.25. The van der Waals surface area contributed by atoms with Gasteiger partial charge in [-0.1, -0.05) is 76.8 Å². The van der Waals surface area contributed by atoms with Crippen LogP contribution in [0.5, 0.6) is 5.75 Å². The Bertz CT molecular complexity index is 816. The highest BCUT2D eigenvalue weighted by Crippen LogP contribution is 2.17. The maximum Gasteiger partial charge on any atom is 0.314 e. The molecular weight excluding hydrogens is 412 g/mol. The SMILES string of the molecule is CCCCCCCCCCCCc1ccc(NC(=O)C(=O)Nc2ccc(OCC)cc2)cc1. The average Bonchev–Trinajstić information content (AvgIpc) is 2.82. The van der Waals surface area contributed by atoms with Crippen molar-refractivity contribution >= 4 is 23.2 Å². The van der Waals surface area contributed by atoms with Crippen LogP contribution in [0.4, 0.5) is 11.4 Å². The predicted molar refractivity (Wildman–Crippen MR) is 137 cm³/mol. The van der Waals surface area contributed by atoms with E-state index in [2.05, 4.69) is 17.6 Å². The van der Waals surface area contributed by atoms with Crippen LogP contribution in [0.2, 0.25) is 0 Å². The molecule has 2 amide bonds. The first-order valence-electron chi connectivity index (χ1n) is 12.6. The molecule has 0 aliphatic rings. The molecule has 0 aliphatic heterocycles. The molecule has 0 radical (unpaired) electrons. The molecule has 2 rings (SSSR count). The van der Waals surface area contributed by atoms with Crippen LogP contribution in [0.25, 0.3) is 0 Å². The van der Waals surface area contributed by atoms with E-state index in [1.807, 2.05) is 31.2 Å². The highest BCUT2D eigenvalue weighted by molar-refractivity contribution is 6.43. The van der Waals surface area contributed by atoms with Crippen LogP contribution in [0.15, 0.2) is 48.5 Å². The Morgan fingerprint density at radius 1 is 0.636 bits per heavy atom. The van der Waals surface area contributed by atoms with Crippen molar-refractivity contribution in [1.82, 2.24) is 0 Å². The minimum absolute atomic E-state index is 0.547. The fourth-order valence-corrected chi connectivity index (χ4v) is 3.75. The summed E-state index contributed by atoms with van der Waals surface area (Å²) in [6, 6.07) is 14.7. The van der Waals surface area contributed by atoms with Gasteiger partial charge in [0.1, 0.15) is 5.75 Å². The molecule has 2 aromatic rings. The first kappa shape index (κ1) is 26.4. The molecule has 0 atom stereocenters. The summed E-state index contributed by atoms with van der Waals surface area (Å²) in [4.78, 5) is 24.3. The van der Waals surface area contributed by atoms with Gasteiger partial charge in [-0.25, -0.2) is 0 Å². The van der Waals surface area contributed by atoms with Crippen LogP contribution in [-0.2, 0) is 16.0 Å². The van der Waals surface area contributed by atoms with Crippen LogP contribution in [0, 0.1) is 0 Å². The lowest BCUT2D eigenvalue weighted by Gasteiger charge is -2.08. The van der Waals surface area contributed by atoms with Crippen molar-refractivity contribution in [2.45, 2.75) is 84.5 Å². The van der Waals surface area contributed by atoms with Gasteiger partial charge in [-0.3, -0.25) is 9.59 Å². The van der Waals surface area contributed by atoms with Gasteiger partial charge >= 0.3 is 11.8 Å². The lowest BCUT2D eigenvalue weighted by molar-refractivity contribution is -0.132. The fourth-order valence-electron chi connectivity index (χ4n) is 3.75. The Morgan fingerprint density at radius 2 is 1.09 bits per heavy atom. The normalized spacial score (nSPS) is 10.6. The largest absolute Gasteiger partial charge is 0.494 e. The zero-order valence-corrected chi connectivity index (χ0v) is 20.3. The maximum absolute atomic E-state index is 12.2. The molecule has 2 aromatic carbocycles.